The standard InChI is InChI=1S/C4H12O4Si.2CH4/c1-5-9(6-2,7-3)8-4;;/h1-4H3;2*1H4. The average Bonchev–Trinajstić information content (AvgIpc) is 1.95. The van der Waals surface area contributed by atoms with Crippen LogP contribution in [-0.4, -0.2) is 37.5 Å². The molecule has 0 aliphatic carbocycles. The molecule has 0 amide bonds. The largest absolute Gasteiger partial charge is 0.678 e. The molecule has 0 aromatic carbocycles. The van der Waals surface area contributed by atoms with Gasteiger partial charge in [-0.05, 0) is 0 Å². The van der Waals surface area contributed by atoms with Crippen molar-refractivity contribution in [1.82, 2.24) is 0 Å². The van der Waals surface area contributed by atoms with Crippen LogP contribution in [0.25, 0.3) is 0 Å². The van der Waals surface area contributed by atoms with Gasteiger partial charge in [-0.2, -0.15) is 0 Å². The molecule has 4 nitrogen and oxygen atoms in total. The topological polar surface area (TPSA) is 36.9 Å². The van der Waals surface area contributed by atoms with Crippen molar-refractivity contribution in [3.8, 4) is 0 Å². The van der Waals surface area contributed by atoms with Gasteiger partial charge >= 0.3 is 9.05 Å². The summed E-state index contributed by atoms with van der Waals surface area (Å²) in [5.74, 6) is 0. The van der Waals surface area contributed by atoms with Crippen LogP contribution in [-0.2, 0) is 17.7 Å². The third-order valence-corrected chi connectivity index (χ3v) is 3.00. The summed E-state index contributed by atoms with van der Waals surface area (Å²) in [4.78, 5) is 0. The minimum atomic E-state index is -2.69. The zero-order chi connectivity index (χ0) is 7.33. The van der Waals surface area contributed by atoms with E-state index < -0.39 is 9.05 Å². The molecule has 0 unspecified atom stereocenters. The summed E-state index contributed by atoms with van der Waals surface area (Å²) in [6, 6.07) is 0. The van der Waals surface area contributed by atoms with Gasteiger partial charge in [0.1, 0.15) is 0 Å². The van der Waals surface area contributed by atoms with Crippen LogP contribution < -0.4 is 0 Å². The molecule has 0 aromatic heterocycles. The van der Waals surface area contributed by atoms with E-state index in [1.807, 2.05) is 0 Å². The van der Waals surface area contributed by atoms with Gasteiger partial charge in [-0.25, -0.2) is 0 Å². The second-order valence-corrected chi connectivity index (χ2v) is 3.95. The summed E-state index contributed by atoms with van der Waals surface area (Å²) < 4.78 is 19.4. The number of rotatable bonds is 4. The smallest absolute Gasteiger partial charge is 0.355 e. The zero-order valence-electron chi connectivity index (χ0n) is 6.13. The molecule has 0 aromatic rings. The quantitative estimate of drug-likeness (QED) is 0.617. The summed E-state index contributed by atoms with van der Waals surface area (Å²) in [6.07, 6.45) is 0. The Morgan fingerprint density at radius 3 is 0.818 bits per heavy atom. The fraction of sp³-hybridized carbons (Fsp3) is 1.00. The molecule has 0 spiro atoms. The summed E-state index contributed by atoms with van der Waals surface area (Å²) in [7, 11) is 3.26. The van der Waals surface area contributed by atoms with E-state index in [1.54, 1.807) is 0 Å². The van der Waals surface area contributed by atoms with Crippen molar-refractivity contribution in [2.75, 3.05) is 28.4 Å². The van der Waals surface area contributed by atoms with Gasteiger partial charge in [-0.1, -0.05) is 14.9 Å². The van der Waals surface area contributed by atoms with Gasteiger partial charge in [-0.3, -0.25) is 0 Å². The van der Waals surface area contributed by atoms with E-state index in [4.69, 9.17) is 17.7 Å². The Morgan fingerprint density at radius 1 is 0.636 bits per heavy atom. The molecule has 5 heteroatoms. The molecule has 72 valence electrons. The van der Waals surface area contributed by atoms with Crippen molar-refractivity contribution in [2.24, 2.45) is 0 Å². The first-order valence-corrected chi connectivity index (χ1v) is 4.08. The third-order valence-electron chi connectivity index (χ3n) is 1.00. The fourth-order valence-corrected chi connectivity index (χ4v) is 1.50. The lowest BCUT2D eigenvalue weighted by atomic mass is 11.8. The molecule has 0 N–H and O–H groups in total. The molecule has 0 fully saturated rings. The first kappa shape index (κ1) is 17.2. The molecule has 0 aliphatic rings. The van der Waals surface area contributed by atoms with Crippen LogP contribution in [0.15, 0.2) is 0 Å². The predicted octanol–water partition coefficient (Wildman–Crippen LogP) is 1.28. The summed E-state index contributed by atoms with van der Waals surface area (Å²) in [6.45, 7) is 0. The summed E-state index contributed by atoms with van der Waals surface area (Å²) >= 11 is 0. The van der Waals surface area contributed by atoms with E-state index >= 15 is 0 Å². The lowest BCUT2D eigenvalue weighted by Gasteiger charge is -2.19. The SMILES string of the molecule is C.C.CO[Si](OC)(OC)OC. The van der Waals surface area contributed by atoms with Crippen LogP contribution >= 0.6 is 0 Å². The third kappa shape index (κ3) is 4.49. The van der Waals surface area contributed by atoms with E-state index in [9.17, 15) is 0 Å². The van der Waals surface area contributed by atoms with Gasteiger partial charge in [0, 0.05) is 28.4 Å². The Labute approximate surface area is 70.9 Å². The van der Waals surface area contributed by atoms with E-state index in [-0.39, 0.29) is 14.9 Å². The van der Waals surface area contributed by atoms with Crippen molar-refractivity contribution < 1.29 is 17.7 Å². The maximum atomic E-state index is 4.86. The Kier molecular flexibility index (Phi) is 12.8. The van der Waals surface area contributed by atoms with Crippen molar-refractivity contribution in [2.45, 2.75) is 14.9 Å². The monoisotopic (exact) mass is 184 g/mol. The van der Waals surface area contributed by atoms with Gasteiger partial charge < -0.3 is 17.7 Å². The van der Waals surface area contributed by atoms with Gasteiger partial charge in [0.15, 0.2) is 0 Å². The Bertz CT molecular complexity index is 57.5. The highest BCUT2D eigenvalue weighted by Gasteiger charge is 2.40. The van der Waals surface area contributed by atoms with Crippen LogP contribution in [0.1, 0.15) is 14.9 Å². The minimum absolute atomic E-state index is 0. The molecule has 0 rings (SSSR count). The van der Waals surface area contributed by atoms with Gasteiger partial charge in [-0.15, -0.1) is 0 Å². The highest BCUT2D eigenvalue weighted by Crippen LogP contribution is 2.04. The molecule has 0 atom stereocenters. The second-order valence-electron chi connectivity index (χ2n) is 1.32. The maximum Gasteiger partial charge on any atom is 0.678 e. The maximum absolute atomic E-state index is 4.86. The second kappa shape index (κ2) is 8.16. The van der Waals surface area contributed by atoms with Crippen molar-refractivity contribution in [1.29, 1.82) is 0 Å². The first-order valence-electron chi connectivity index (χ1n) is 2.45. The lowest BCUT2D eigenvalue weighted by Crippen LogP contribution is -2.45. The van der Waals surface area contributed by atoms with Crippen LogP contribution in [0.5, 0.6) is 0 Å². The summed E-state index contributed by atoms with van der Waals surface area (Å²) in [5.41, 5.74) is 0. The molecule has 0 bridgehead atoms. The molecule has 0 radical (unpaired) electrons. The molecule has 0 heterocycles. The number of hydrogen-bond donors (Lipinski definition) is 0. The molecule has 11 heavy (non-hydrogen) atoms. The van der Waals surface area contributed by atoms with Crippen molar-refractivity contribution >= 4 is 9.05 Å². The van der Waals surface area contributed by atoms with Gasteiger partial charge in [0.2, 0.25) is 0 Å². The zero-order valence-corrected chi connectivity index (χ0v) is 7.13. The van der Waals surface area contributed by atoms with Crippen molar-refractivity contribution in [3.63, 3.8) is 0 Å². The van der Waals surface area contributed by atoms with E-state index in [0.717, 1.165) is 0 Å². The van der Waals surface area contributed by atoms with Crippen LogP contribution in [0.4, 0.5) is 0 Å². The van der Waals surface area contributed by atoms with E-state index in [0.29, 0.717) is 0 Å². The molecule has 0 saturated carbocycles. The summed E-state index contributed by atoms with van der Waals surface area (Å²) in [5, 5.41) is 0. The number of hydrogen-bond acceptors (Lipinski definition) is 4. The highest BCUT2D eigenvalue weighted by molar-refractivity contribution is 6.53. The minimum Gasteiger partial charge on any atom is -0.355 e. The van der Waals surface area contributed by atoms with Crippen LogP contribution in [0.3, 0.4) is 0 Å². The molecule has 0 saturated heterocycles. The van der Waals surface area contributed by atoms with E-state index in [1.165, 1.54) is 28.4 Å². The molecule has 0 aliphatic heterocycles. The highest BCUT2D eigenvalue weighted by atomic mass is 28.4. The van der Waals surface area contributed by atoms with Gasteiger partial charge in [0.05, 0.1) is 0 Å². The van der Waals surface area contributed by atoms with Crippen LogP contribution in [0, 0.1) is 0 Å². The average molecular weight is 184 g/mol. The van der Waals surface area contributed by atoms with E-state index in [2.05, 4.69) is 0 Å². The predicted molar refractivity (Wildman–Crippen MR) is 47.3 cm³/mol. The Balaban J connectivity index is -0.000000320. The fourth-order valence-electron chi connectivity index (χ4n) is 0.500. The van der Waals surface area contributed by atoms with Crippen LogP contribution in [0.2, 0.25) is 0 Å². The Hall–Kier alpha value is 0.0569. The van der Waals surface area contributed by atoms with Crippen molar-refractivity contribution in [3.05, 3.63) is 0 Å². The lowest BCUT2D eigenvalue weighted by molar-refractivity contribution is 0.0226. The molecular formula is C6H20O4Si. The normalized spacial score (nSPS) is 9.82. The van der Waals surface area contributed by atoms with Gasteiger partial charge in [0.25, 0.3) is 0 Å². The Morgan fingerprint density at radius 2 is 0.818 bits per heavy atom. The first-order chi connectivity index (χ1) is 4.24. The molecular weight excluding hydrogens is 164 g/mol.